The highest BCUT2D eigenvalue weighted by atomic mass is 16.7. The first kappa shape index (κ1) is 18.4. The maximum absolute atomic E-state index is 10.1. The summed E-state index contributed by atoms with van der Waals surface area (Å²) in [5, 5.41) is 2.68. The maximum atomic E-state index is 10.1. The lowest BCUT2D eigenvalue weighted by molar-refractivity contribution is -0.119. The standard InChI is InChI=1S/C15H20BN3O2.C4H7NO/c1-14(2)15(3,4)21-16(20-14)13-7-11-12(8-17-13)19(9-18-11)10-5-6-10;6-4-2-1-3-5-4/h7-10H,5-6H2,1-4H3;1-3H2,(H,5,6). The summed E-state index contributed by atoms with van der Waals surface area (Å²) in [6, 6.07) is 2.59. The van der Waals surface area contributed by atoms with Crippen LogP contribution in [-0.2, 0) is 14.1 Å². The lowest BCUT2D eigenvalue weighted by Gasteiger charge is -2.32. The number of aromatic nitrogens is 3. The van der Waals surface area contributed by atoms with E-state index in [0.29, 0.717) is 6.04 Å². The summed E-state index contributed by atoms with van der Waals surface area (Å²) < 4.78 is 14.3. The van der Waals surface area contributed by atoms with Gasteiger partial charge < -0.3 is 19.2 Å². The van der Waals surface area contributed by atoms with E-state index in [4.69, 9.17) is 9.31 Å². The second-order valence-electron chi connectivity index (χ2n) is 8.52. The van der Waals surface area contributed by atoms with Gasteiger partial charge in [-0.3, -0.25) is 9.78 Å². The minimum absolute atomic E-state index is 0.204. The SMILES string of the molecule is CC1(C)OB(c2cc3ncn(C4CC4)c3cn2)OC1(C)C.O=C1CCCN1. The molecule has 2 saturated heterocycles. The Balaban J connectivity index is 0.000000257. The van der Waals surface area contributed by atoms with Crippen LogP contribution in [0.1, 0.15) is 59.4 Å². The van der Waals surface area contributed by atoms with Gasteiger partial charge in [-0.15, -0.1) is 0 Å². The van der Waals surface area contributed by atoms with E-state index in [1.54, 1.807) is 0 Å². The summed E-state index contributed by atoms with van der Waals surface area (Å²) in [6.07, 6.45) is 8.05. The molecular formula is C19H27BN4O3. The second-order valence-corrected chi connectivity index (χ2v) is 8.52. The van der Waals surface area contributed by atoms with Crippen molar-refractivity contribution >= 4 is 29.7 Å². The van der Waals surface area contributed by atoms with E-state index >= 15 is 0 Å². The molecule has 0 spiro atoms. The summed E-state index contributed by atoms with van der Waals surface area (Å²) in [4.78, 5) is 19.2. The summed E-state index contributed by atoms with van der Waals surface area (Å²) in [7, 11) is -0.425. The van der Waals surface area contributed by atoms with Crippen molar-refractivity contribution in [3.05, 3.63) is 18.6 Å². The Morgan fingerprint density at radius 2 is 1.89 bits per heavy atom. The number of hydrogen-bond donors (Lipinski definition) is 1. The fourth-order valence-electron chi connectivity index (χ4n) is 3.24. The van der Waals surface area contributed by atoms with E-state index < -0.39 is 7.12 Å². The number of carbonyl (C=O) groups excluding carboxylic acids is 1. The Morgan fingerprint density at radius 1 is 1.19 bits per heavy atom. The number of pyridine rings is 1. The molecule has 3 aliphatic rings. The highest BCUT2D eigenvalue weighted by Gasteiger charge is 2.52. The van der Waals surface area contributed by atoms with Gasteiger partial charge in [0.2, 0.25) is 5.91 Å². The molecular weight excluding hydrogens is 343 g/mol. The van der Waals surface area contributed by atoms with Crippen LogP contribution in [0.15, 0.2) is 18.6 Å². The van der Waals surface area contributed by atoms with E-state index in [-0.39, 0.29) is 17.1 Å². The van der Waals surface area contributed by atoms with Crippen molar-refractivity contribution in [3.8, 4) is 0 Å². The van der Waals surface area contributed by atoms with Crippen molar-refractivity contribution in [2.45, 2.75) is 70.6 Å². The molecule has 0 aromatic carbocycles. The molecule has 1 aliphatic carbocycles. The average Bonchev–Trinajstić information content (AvgIpc) is 3.09. The molecule has 8 heteroatoms. The first-order valence-electron chi connectivity index (χ1n) is 9.72. The largest absolute Gasteiger partial charge is 0.514 e. The number of carbonyl (C=O) groups is 1. The van der Waals surface area contributed by atoms with Gasteiger partial charge in [0, 0.05) is 19.0 Å². The van der Waals surface area contributed by atoms with Crippen LogP contribution < -0.4 is 10.9 Å². The Hall–Kier alpha value is -1.93. The van der Waals surface area contributed by atoms with Crippen molar-refractivity contribution in [2.75, 3.05) is 6.54 Å². The van der Waals surface area contributed by atoms with E-state index in [9.17, 15) is 4.79 Å². The van der Waals surface area contributed by atoms with Gasteiger partial charge in [-0.25, -0.2) is 4.98 Å². The quantitative estimate of drug-likeness (QED) is 0.818. The van der Waals surface area contributed by atoms with Crippen LogP contribution >= 0.6 is 0 Å². The fraction of sp³-hybridized carbons (Fsp3) is 0.632. The molecule has 3 fully saturated rings. The molecule has 0 atom stereocenters. The normalized spacial score (nSPS) is 23.3. The van der Waals surface area contributed by atoms with Gasteiger partial charge in [-0.05, 0) is 53.0 Å². The Bertz CT molecular complexity index is 836. The van der Waals surface area contributed by atoms with Crippen molar-refractivity contribution in [1.29, 1.82) is 0 Å². The first-order valence-corrected chi connectivity index (χ1v) is 9.72. The van der Waals surface area contributed by atoms with Crippen LogP contribution in [-0.4, -0.2) is 45.3 Å². The molecule has 144 valence electrons. The predicted octanol–water partition coefficient (Wildman–Crippen LogP) is 1.96. The molecule has 5 rings (SSSR count). The minimum atomic E-state index is -0.425. The van der Waals surface area contributed by atoms with Crippen LogP contribution in [0.3, 0.4) is 0 Å². The predicted molar refractivity (Wildman–Crippen MR) is 104 cm³/mol. The molecule has 0 radical (unpaired) electrons. The zero-order chi connectivity index (χ0) is 19.2. The fourth-order valence-corrected chi connectivity index (χ4v) is 3.24. The van der Waals surface area contributed by atoms with Crippen molar-refractivity contribution in [1.82, 2.24) is 19.9 Å². The highest BCUT2D eigenvalue weighted by molar-refractivity contribution is 6.61. The summed E-state index contributed by atoms with van der Waals surface area (Å²) >= 11 is 0. The van der Waals surface area contributed by atoms with Crippen molar-refractivity contribution in [3.63, 3.8) is 0 Å². The highest BCUT2D eigenvalue weighted by Crippen LogP contribution is 2.38. The van der Waals surface area contributed by atoms with Gasteiger partial charge in [-0.1, -0.05) is 0 Å². The third-order valence-corrected chi connectivity index (χ3v) is 5.82. The summed E-state index contributed by atoms with van der Waals surface area (Å²) in [5.74, 6) is 0.204. The van der Waals surface area contributed by atoms with E-state index in [1.165, 1.54) is 12.8 Å². The molecule has 1 saturated carbocycles. The molecule has 7 nitrogen and oxygen atoms in total. The molecule has 4 heterocycles. The van der Waals surface area contributed by atoms with Gasteiger partial charge >= 0.3 is 7.12 Å². The van der Waals surface area contributed by atoms with Gasteiger partial charge in [0.05, 0.1) is 40.4 Å². The monoisotopic (exact) mass is 370 g/mol. The molecule has 2 aromatic heterocycles. The Labute approximate surface area is 160 Å². The minimum Gasteiger partial charge on any atom is -0.398 e. The molecule has 2 aliphatic heterocycles. The van der Waals surface area contributed by atoms with Crippen molar-refractivity contribution in [2.24, 2.45) is 0 Å². The molecule has 0 unspecified atom stereocenters. The number of rotatable bonds is 2. The van der Waals surface area contributed by atoms with Gasteiger partial charge in [0.25, 0.3) is 0 Å². The third-order valence-electron chi connectivity index (χ3n) is 5.82. The average molecular weight is 370 g/mol. The lowest BCUT2D eigenvalue weighted by Crippen LogP contribution is -2.41. The number of fused-ring (bicyclic) bond motifs is 1. The van der Waals surface area contributed by atoms with E-state index in [2.05, 4.69) is 19.9 Å². The second kappa shape index (κ2) is 6.60. The van der Waals surface area contributed by atoms with Crippen LogP contribution in [0.2, 0.25) is 0 Å². The zero-order valence-corrected chi connectivity index (χ0v) is 16.5. The zero-order valence-electron chi connectivity index (χ0n) is 16.5. The topological polar surface area (TPSA) is 78.3 Å². The van der Waals surface area contributed by atoms with E-state index in [1.807, 2.05) is 46.3 Å². The Morgan fingerprint density at radius 3 is 2.41 bits per heavy atom. The van der Waals surface area contributed by atoms with E-state index in [0.717, 1.165) is 36.0 Å². The lowest BCUT2D eigenvalue weighted by atomic mass is 9.84. The van der Waals surface area contributed by atoms with Gasteiger partial charge in [0.15, 0.2) is 0 Å². The van der Waals surface area contributed by atoms with Crippen molar-refractivity contribution < 1.29 is 14.1 Å². The van der Waals surface area contributed by atoms with Crippen LogP contribution in [0.5, 0.6) is 0 Å². The van der Waals surface area contributed by atoms with Crippen LogP contribution in [0, 0.1) is 0 Å². The molecule has 0 bridgehead atoms. The van der Waals surface area contributed by atoms with Crippen LogP contribution in [0.4, 0.5) is 0 Å². The number of nitrogens with zero attached hydrogens (tertiary/aromatic N) is 3. The third kappa shape index (κ3) is 3.60. The summed E-state index contributed by atoms with van der Waals surface area (Å²) in [5.41, 5.74) is 2.16. The van der Waals surface area contributed by atoms with Gasteiger partial charge in [0.1, 0.15) is 0 Å². The smallest absolute Gasteiger partial charge is 0.398 e. The number of hydrogen-bond acceptors (Lipinski definition) is 5. The molecule has 1 N–H and O–H groups in total. The van der Waals surface area contributed by atoms with Gasteiger partial charge in [-0.2, -0.15) is 0 Å². The summed E-state index contributed by atoms with van der Waals surface area (Å²) in [6.45, 7) is 9.08. The Kier molecular flexibility index (Phi) is 4.51. The van der Waals surface area contributed by atoms with Crippen LogP contribution in [0.25, 0.3) is 11.0 Å². The number of imidazole rings is 1. The molecule has 1 amide bonds. The first-order chi connectivity index (χ1) is 12.8. The number of nitrogens with one attached hydrogen (secondary N) is 1. The maximum Gasteiger partial charge on any atom is 0.514 e. The molecule has 27 heavy (non-hydrogen) atoms. The molecule has 2 aromatic rings. The number of amides is 1.